The molecule has 0 aromatic heterocycles. The summed E-state index contributed by atoms with van der Waals surface area (Å²) in [5.74, 6) is 0.986. The minimum atomic E-state index is 0.197. The molecular formula is C8H14ClNO. The second kappa shape index (κ2) is 4.60. The standard InChI is InChI=1S/C8H14ClNO/c9-5-6-10-8(11)7-3-1-2-4-7/h7H,1-6H2,(H,10,11). The van der Waals surface area contributed by atoms with Crippen molar-refractivity contribution in [2.75, 3.05) is 12.4 Å². The quantitative estimate of drug-likeness (QED) is 0.648. The predicted molar refractivity (Wildman–Crippen MR) is 45.7 cm³/mol. The van der Waals surface area contributed by atoms with E-state index >= 15 is 0 Å². The number of hydrogen-bond donors (Lipinski definition) is 1. The third-order valence-electron chi connectivity index (χ3n) is 2.12. The second-order valence-corrected chi connectivity index (χ2v) is 3.34. The highest BCUT2D eigenvalue weighted by Crippen LogP contribution is 2.24. The number of carbonyl (C=O) groups excluding carboxylic acids is 1. The van der Waals surface area contributed by atoms with Crippen molar-refractivity contribution in [2.45, 2.75) is 25.7 Å². The largest absolute Gasteiger partial charge is 0.355 e. The highest BCUT2D eigenvalue weighted by Gasteiger charge is 2.21. The first-order valence-corrected chi connectivity index (χ1v) is 4.71. The van der Waals surface area contributed by atoms with E-state index in [0.717, 1.165) is 12.8 Å². The zero-order valence-corrected chi connectivity index (χ0v) is 7.36. The summed E-state index contributed by atoms with van der Waals surface area (Å²) in [7, 11) is 0. The maximum Gasteiger partial charge on any atom is 0.223 e. The lowest BCUT2D eigenvalue weighted by Crippen LogP contribution is -2.30. The van der Waals surface area contributed by atoms with E-state index in [4.69, 9.17) is 11.6 Å². The molecule has 0 heterocycles. The molecule has 0 radical (unpaired) electrons. The lowest BCUT2D eigenvalue weighted by molar-refractivity contribution is -0.124. The zero-order chi connectivity index (χ0) is 8.10. The summed E-state index contributed by atoms with van der Waals surface area (Å²) in [6.45, 7) is 0.608. The topological polar surface area (TPSA) is 29.1 Å². The van der Waals surface area contributed by atoms with Crippen molar-refractivity contribution in [3.05, 3.63) is 0 Å². The van der Waals surface area contributed by atoms with E-state index in [1.165, 1.54) is 12.8 Å². The van der Waals surface area contributed by atoms with Crippen LogP contribution in [0, 0.1) is 5.92 Å². The second-order valence-electron chi connectivity index (χ2n) is 2.96. The monoisotopic (exact) mass is 175 g/mol. The van der Waals surface area contributed by atoms with Gasteiger partial charge in [0.05, 0.1) is 0 Å². The summed E-state index contributed by atoms with van der Waals surface area (Å²) < 4.78 is 0. The summed E-state index contributed by atoms with van der Waals surface area (Å²) in [5.41, 5.74) is 0. The van der Waals surface area contributed by atoms with Gasteiger partial charge in [-0.25, -0.2) is 0 Å². The fourth-order valence-corrected chi connectivity index (χ4v) is 1.60. The molecule has 1 fully saturated rings. The summed E-state index contributed by atoms with van der Waals surface area (Å²) in [5, 5.41) is 2.80. The van der Waals surface area contributed by atoms with Crippen LogP contribution >= 0.6 is 11.6 Å². The van der Waals surface area contributed by atoms with Crippen LogP contribution in [-0.4, -0.2) is 18.3 Å². The number of nitrogens with one attached hydrogen (secondary N) is 1. The molecule has 0 atom stereocenters. The van der Waals surface area contributed by atoms with Crippen molar-refractivity contribution < 1.29 is 4.79 Å². The molecular weight excluding hydrogens is 162 g/mol. The predicted octanol–water partition coefficient (Wildman–Crippen LogP) is 1.53. The maximum atomic E-state index is 11.2. The van der Waals surface area contributed by atoms with Crippen LogP contribution in [0.25, 0.3) is 0 Å². The Kier molecular flexibility index (Phi) is 3.70. The van der Waals surface area contributed by atoms with E-state index in [2.05, 4.69) is 5.32 Å². The molecule has 1 amide bonds. The molecule has 0 unspecified atom stereocenters. The van der Waals surface area contributed by atoms with Gasteiger partial charge >= 0.3 is 0 Å². The molecule has 1 aliphatic rings. The summed E-state index contributed by atoms with van der Waals surface area (Å²) >= 11 is 5.44. The van der Waals surface area contributed by atoms with Crippen LogP contribution in [0.1, 0.15) is 25.7 Å². The van der Waals surface area contributed by atoms with Crippen molar-refractivity contribution in [1.82, 2.24) is 5.32 Å². The molecule has 0 aliphatic heterocycles. The van der Waals surface area contributed by atoms with Gasteiger partial charge in [0.25, 0.3) is 0 Å². The molecule has 64 valence electrons. The highest BCUT2D eigenvalue weighted by atomic mass is 35.5. The van der Waals surface area contributed by atoms with E-state index in [1.54, 1.807) is 0 Å². The minimum Gasteiger partial charge on any atom is -0.355 e. The van der Waals surface area contributed by atoms with Crippen molar-refractivity contribution in [1.29, 1.82) is 0 Å². The molecule has 0 spiro atoms. The minimum absolute atomic E-state index is 0.197. The third-order valence-corrected chi connectivity index (χ3v) is 2.31. The van der Waals surface area contributed by atoms with E-state index in [0.29, 0.717) is 12.4 Å². The molecule has 1 rings (SSSR count). The first-order chi connectivity index (χ1) is 5.34. The molecule has 1 saturated carbocycles. The van der Waals surface area contributed by atoms with Crippen molar-refractivity contribution in [3.8, 4) is 0 Å². The molecule has 2 nitrogen and oxygen atoms in total. The van der Waals surface area contributed by atoms with Gasteiger partial charge in [-0.2, -0.15) is 0 Å². The molecule has 0 saturated heterocycles. The SMILES string of the molecule is O=C(NCCCl)C1CCCC1. The van der Waals surface area contributed by atoms with E-state index < -0.39 is 0 Å². The summed E-state index contributed by atoms with van der Waals surface area (Å²) in [6.07, 6.45) is 4.54. The Hall–Kier alpha value is -0.240. The number of carbonyl (C=O) groups is 1. The molecule has 0 aromatic carbocycles. The van der Waals surface area contributed by atoms with Crippen molar-refractivity contribution >= 4 is 17.5 Å². The van der Waals surface area contributed by atoms with E-state index in [9.17, 15) is 4.79 Å². The van der Waals surface area contributed by atoms with Gasteiger partial charge in [-0.05, 0) is 12.8 Å². The lowest BCUT2D eigenvalue weighted by Gasteiger charge is -2.07. The number of halogens is 1. The van der Waals surface area contributed by atoms with Crippen LogP contribution in [0.5, 0.6) is 0 Å². The molecule has 0 aromatic rings. The number of amides is 1. The van der Waals surface area contributed by atoms with Gasteiger partial charge in [-0.3, -0.25) is 4.79 Å². The van der Waals surface area contributed by atoms with Gasteiger partial charge in [0, 0.05) is 18.3 Å². The van der Waals surface area contributed by atoms with Crippen molar-refractivity contribution in [2.24, 2.45) is 5.92 Å². The first-order valence-electron chi connectivity index (χ1n) is 4.18. The Balaban J connectivity index is 2.17. The molecule has 3 heteroatoms. The van der Waals surface area contributed by atoms with E-state index in [-0.39, 0.29) is 11.8 Å². The molecule has 11 heavy (non-hydrogen) atoms. The fourth-order valence-electron chi connectivity index (χ4n) is 1.50. The highest BCUT2D eigenvalue weighted by molar-refractivity contribution is 6.18. The normalized spacial score (nSPS) is 18.6. The number of alkyl halides is 1. The Morgan fingerprint density at radius 1 is 1.45 bits per heavy atom. The van der Waals surface area contributed by atoms with Gasteiger partial charge < -0.3 is 5.32 Å². The Labute approximate surface area is 72.3 Å². The molecule has 0 bridgehead atoms. The van der Waals surface area contributed by atoms with Gasteiger partial charge in [0.2, 0.25) is 5.91 Å². The average molecular weight is 176 g/mol. The molecule has 1 aliphatic carbocycles. The summed E-state index contributed by atoms with van der Waals surface area (Å²) in [6, 6.07) is 0. The van der Waals surface area contributed by atoms with Crippen molar-refractivity contribution in [3.63, 3.8) is 0 Å². The molecule has 1 N–H and O–H groups in total. The number of hydrogen-bond acceptors (Lipinski definition) is 1. The zero-order valence-electron chi connectivity index (χ0n) is 6.61. The fraction of sp³-hybridized carbons (Fsp3) is 0.875. The van der Waals surface area contributed by atoms with Gasteiger partial charge in [-0.1, -0.05) is 12.8 Å². The first kappa shape index (κ1) is 8.85. The van der Waals surface area contributed by atoms with Crippen LogP contribution in [0.15, 0.2) is 0 Å². The van der Waals surface area contributed by atoms with Crippen LogP contribution in [0.2, 0.25) is 0 Å². The van der Waals surface area contributed by atoms with Crippen LogP contribution in [0.4, 0.5) is 0 Å². The third kappa shape index (κ3) is 2.70. The van der Waals surface area contributed by atoms with Crippen LogP contribution < -0.4 is 5.32 Å². The van der Waals surface area contributed by atoms with Crippen LogP contribution in [0.3, 0.4) is 0 Å². The van der Waals surface area contributed by atoms with E-state index in [1.807, 2.05) is 0 Å². The Bertz CT molecular complexity index is 132. The van der Waals surface area contributed by atoms with Crippen LogP contribution in [-0.2, 0) is 4.79 Å². The maximum absolute atomic E-state index is 11.2. The Morgan fingerprint density at radius 2 is 2.09 bits per heavy atom. The number of rotatable bonds is 3. The summed E-state index contributed by atoms with van der Waals surface area (Å²) in [4.78, 5) is 11.2. The van der Waals surface area contributed by atoms with Gasteiger partial charge in [0.1, 0.15) is 0 Å². The van der Waals surface area contributed by atoms with Gasteiger partial charge in [0.15, 0.2) is 0 Å². The average Bonchev–Trinajstić information content (AvgIpc) is 2.52. The van der Waals surface area contributed by atoms with Gasteiger partial charge in [-0.15, -0.1) is 11.6 Å². The Morgan fingerprint density at radius 3 is 2.64 bits per heavy atom. The smallest absolute Gasteiger partial charge is 0.223 e. The lowest BCUT2D eigenvalue weighted by atomic mass is 10.1.